The van der Waals surface area contributed by atoms with Crippen LogP contribution in [0.3, 0.4) is 0 Å². The summed E-state index contributed by atoms with van der Waals surface area (Å²) in [6, 6.07) is 8.99. The molecule has 0 saturated heterocycles. The number of carbonyl (C=O) groups excluding carboxylic acids is 1. The fourth-order valence-electron chi connectivity index (χ4n) is 7.50. The summed E-state index contributed by atoms with van der Waals surface area (Å²) < 4.78 is 0. The fraction of sp³-hybridized carbons (Fsp3) is 0.567. The molecule has 1 aromatic carbocycles. The van der Waals surface area contributed by atoms with Gasteiger partial charge in [0.2, 0.25) is 0 Å². The number of hydrogen-bond donors (Lipinski definition) is 2. The van der Waals surface area contributed by atoms with Crippen molar-refractivity contribution in [2.24, 2.45) is 17.3 Å². The highest BCUT2D eigenvalue weighted by Crippen LogP contribution is 2.66. The highest BCUT2D eigenvalue weighted by Gasteiger charge is 2.66. The van der Waals surface area contributed by atoms with Gasteiger partial charge in [0.1, 0.15) is 0 Å². The van der Waals surface area contributed by atoms with Crippen LogP contribution in [0, 0.1) is 29.1 Å². The number of carbonyl (C=O) groups is 1. The van der Waals surface area contributed by atoms with E-state index in [2.05, 4.69) is 56.9 Å². The molecule has 2 fully saturated rings. The molecule has 0 aromatic heterocycles. The van der Waals surface area contributed by atoms with Gasteiger partial charge in [0.25, 0.3) is 0 Å². The van der Waals surface area contributed by atoms with Crippen molar-refractivity contribution in [2.45, 2.75) is 89.8 Å². The molecule has 33 heavy (non-hydrogen) atoms. The van der Waals surface area contributed by atoms with Gasteiger partial charge >= 0.3 is 0 Å². The third-order valence-corrected chi connectivity index (χ3v) is 9.28. The molecule has 0 heterocycles. The van der Waals surface area contributed by atoms with E-state index in [1.54, 1.807) is 6.92 Å². The first-order valence-electron chi connectivity index (χ1n) is 12.6. The van der Waals surface area contributed by atoms with Gasteiger partial charge in [-0.05, 0) is 85.1 Å². The van der Waals surface area contributed by atoms with E-state index in [4.69, 9.17) is 0 Å². The molecule has 0 spiro atoms. The first-order valence-corrected chi connectivity index (χ1v) is 12.6. The van der Waals surface area contributed by atoms with Crippen LogP contribution in [0.2, 0.25) is 0 Å². The minimum absolute atomic E-state index is 0.167. The van der Waals surface area contributed by atoms with Gasteiger partial charge < -0.3 is 10.2 Å². The second kappa shape index (κ2) is 7.97. The standard InChI is InChI=1S/C30H36O3/c1-5-14-30(33)27(32)16-26-24-12-10-21-15-22(31)11-13-23(21)28(24)25(17-29(26,30)4)20-8-6-19(7-9-20)18(2)3/h6-9,15,18,24-27,32-33H,10-13,16-17H2,1-4H3/t24-,25+,26-,27+,29-,30+/m0/s1. The second-order valence-corrected chi connectivity index (χ2v) is 11.2. The smallest absolute Gasteiger partial charge is 0.156 e. The second-order valence-electron chi connectivity index (χ2n) is 11.2. The number of hydrogen-bond acceptors (Lipinski definition) is 3. The van der Waals surface area contributed by atoms with Crippen LogP contribution < -0.4 is 0 Å². The summed E-state index contributed by atoms with van der Waals surface area (Å²) in [4.78, 5) is 12.2. The van der Waals surface area contributed by atoms with E-state index in [0.29, 0.717) is 24.7 Å². The highest BCUT2D eigenvalue weighted by molar-refractivity contribution is 5.93. The van der Waals surface area contributed by atoms with Crippen molar-refractivity contribution in [3.63, 3.8) is 0 Å². The molecule has 4 aliphatic carbocycles. The van der Waals surface area contributed by atoms with Crippen LogP contribution in [0.25, 0.3) is 0 Å². The van der Waals surface area contributed by atoms with E-state index >= 15 is 0 Å². The fourth-order valence-corrected chi connectivity index (χ4v) is 7.50. The quantitative estimate of drug-likeness (QED) is 0.598. The average Bonchev–Trinajstić information content (AvgIpc) is 2.99. The molecule has 5 rings (SSSR count). The number of benzene rings is 1. The highest BCUT2D eigenvalue weighted by atomic mass is 16.3. The maximum Gasteiger partial charge on any atom is 0.156 e. The summed E-state index contributed by atoms with van der Waals surface area (Å²) in [6.07, 6.45) is 5.69. The third kappa shape index (κ3) is 3.29. The van der Waals surface area contributed by atoms with Crippen LogP contribution in [-0.2, 0) is 4.79 Å². The van der Waals surface area contributed by atoms with Crippen molar-refractivity contribution in [3.8, 4) is 11.8 Å². The third-order valence-electron chi connectivity index (χ3n) is 9.28. The van der Waals surface area contributed by atoms with Crippen molar-refractivity contribution in [3.05, 3.63) is 58.2 Å². The zero-order chi connectivity index (χ0) is 23.5. The van der Waals surface area contributed by atoms with E-state index in [0.717, 1.165) is 25.7 Å². The molecule has 0 unspecified atom stereocenters. The van der Waals surface area contributed by atoms with Gasteiger partial charge in [0, 0.05) is 17.8 Å². The number of aliphatic hydroxyl groups excluding tert-OH is 1. The van der Waals surface area contributed by atoms with Crippen LogP contribution in [-0.4, -0.2) is 27.7 Å². The lowest BCUT2D eigenvalue weighted by Crippen LogP contribution is -2.54. The number of ketones is 1. The summed E-state index contributed by atoms with van der Waals surface area (Å²) >= 11 is 0. The molecule has 1 aromatic rings. The lowest BCUT2D eigenvalue weighted by Gasteiger charge is -2.53. The zero-order valence-corrected chi connectivity index (χ0v) is 20.3. The van der Waals surface area contributed by atoms with Gasteiger partial charge in [-0.25, -0.2) is 0 Å². The largest absolute Gasteiger partial charge is 0.389 e. The Morgan fingerprint density at radius 2 is 1.85 bits per heavy atom. The van der Waals surface area contributed by atoms with Crippen molar-refractivity contribution in [1.82, 2.24) is 0 Å². The Balaban J connectivity index is 1.69. The van der Waals surface area contributed by atoms with Gasteiger partial charge in [-0.3, -0.25) is 4.79 Å². The molecule has 3 heteroatoms. The van der Waals surface area contributed by atoms with E-state index in [-0.39, 0.29) is 17.6 Å². The Kier molecular flexibility index (Phi) is 5.46. The Morgan fingerprint density at radius 3 is 2.52 bits per heavy atom. The van der Waals surface area contributed by atoms with Gasteiger partial charge in [-0.2, -0.15) is 0 Å². The lowest BCUT2D eigenvalue weighted by atomic mass is 9.51. The summed E-state index contributed by atoms with van der Waals surface area (Å²) in [5, 5.41) is 22.8. The zero-order valence-electron chi connectivity index (χ0n) is 20.3. The molecule has 0 radical (unpaired) electrons. The molecule has 0 bridgehead atoms. The molecular weight excluding hydrogens is 408 g/mol. The first kappa shape index (κ1) is 22.6. The Hall–Kier alpha value is -2.15. The summed E-state index contributed by atoms with van der Waals surface area (Å²) in [7, 11) is 0. The molecule has 0 aliphatic heterocycles. The summed E-state index contributed by atoms with van der Waals surface area (Å²) in [5.41, 5.74) is 4.81. The number of aliphatic hydroxyl groups is 2. The maximum atomic E-state index is 12.2. The van der Waals surface area contributed by atoms with E-state index < -0.39 is 17.1 Å². The van der Waals surface area contributed by atoms with Crippen molar-refractivity contribution < 1.29 is 15.0 Å². The average molecular weight is 445 g/mol. The van der Waals surface area contributed by atoms with Crippen LogP contribution in [0.1, 0.15) is 89.2 Å². The van der Waals surface area contributed by atoms with Crippen molar-refractivity contribution in [1.29, 1.82) is 0 Å². The molecule has 0 amide bonds. The molecule has 4 aliphatic rings. The van der Waals surface area contributed by atoms with E-state index in [1.807, 2.05) is 6.08 Å². The number of rotatable bonds is 2. The normalized spacial score (nSPS) is 37.7. The Morgan fingerprint density at radius 1 is 1.12 bits per heavy atom. The molecule has 174 valence electrons. The topological polar surface area (TPSA) is 57.5 Å². The van der Waals surface area contributed by atoms with Gasteiger partial charge in [-0.1, -0.05) is 56.5 Å². The van der Waals surface area contributed by atoms with Crippen LogP contribution in [0.5, 0.6) is 0 Å². The Bertz CT molecular complexity index is 1100. The Labute approximate surface area is 198 Å². The maximum absolute atomic E-state index is 12.2. The van der Waals surface area contributed by atoms with Crippen molar-refractivity contribution >= 4 is 5.78 Å². The lowest BCUT2D eigenvalue weighted by molar-refractivity contribution is -0.114. The van der Waals surface area contributed by atoms with Gasteiger partial charge in [0.05, 0.1) is 6.10 Å². The van der Waals surface area contributed by atoms with Gasteiger partial charge in [-0.15, -0.1) is 5.92 Å². The number of fused-ring (bicyclic) bond motifs is 4. The van der Waals surface area contributed by atoms with E-state index in [1.165, 1.54) is 27.8 Å². The van der Waals surface area contributed by atoms with Crippen LogP contribution in [0.15, 0.2) is 47.1 Å². The van der Waals surface area contributed by atoms with Crippen molar-refractivity contribution in [2.75, 3.05) is 0 Å². The van der Waals surface area contributed by atoms with Crippen LogP contribution in [0.4, 0.5) is 0 Å². The predicted octanol–water partition coefficient (Wildman–Crippen LogP) is 5.43. The molecular formula is C30H36O3. The minimum Gasteiger partial charge on any atom is -0.389 e. The van der Waals surface area contributed by atoms with Gasteiger partial charge in [0.15, 0.2) is 11.4 Å². The predicted molar refractivity (Wildman–Crippen MR) is 131 cm³/mol. The first-order chi connectivity index (χ1) is 15.7. The number of allylic oxidation sites excluding steroid dienone is 4. The minimum atomic E-state index is -1.39. The monoisotopic (exact) mass is 444 g/mol. The summed E-state index contributed by atoms with van der Waals surface area (Å²) in [6.45, 7) is 8.33. The molecule has 6 atom stereocenters. The molecule has 2 N–H and O–H groups in total. The SMILES string of the molecule is CC#C[C@@]1(O)[C@H](O)C[C@H]2[C@@H]3CCC4=CC(=O)CCC4=C3[C@@H](c3ccc(C(C)C)cc3)C[C@@]21C. The molecule has 2 saturated carbocycles. The van der Waals surface area contributed by atoms with E-state index in [9.17, 15) is 15.0 Å². The summed E-state index contributed by atoms with van der Waals surface area (Å²) in [5.74, 6) is 7.35. The van der Waals surface area contributed by atoms with Crippen LogP contribution >= 0.6 is 0 Å². The molecule has 3 nitrogen and oxygen atoms in total.